The first-order valence-corrected chi connectivity index (χ1v) is 16.8. The lowest BCUT2D eigenvalue weighted by Crippen LogP contribution is -2.68. The number of ether oxygens (including phenoxy) is 7. The maximum atomic E-state index is 12.4. The Balaban J connectivity index is 1.76. The van der Waals surface area contributed by atoms with E-state index in [1.54, 1.807) is 28.3 Å². The molecular formula is C38H56O10. The quantitative estimate of drug-likeness (QED) is 0.124. The van der Waals surface area contributed by atoms with Gasteiger partial charge in [0.1, 0.15) is 23.9 Å². The van der Waals surface area contributed by atoms with Gasteiger partial charge in [-0.05, 0) is 43.0 Å². The summed E-state index contributed by atoms with van der Waals surface area (Å²) in [4.78, 5) is 12.4. The molecule has 10 atom stereocenters. The van der Waals surface area contributed by atoms with Crippen LogP contribution in [-0.2, 0) is 39.8 Å². The smallest absolute Gasteiger partial charge is 0.311 e. The van der Waals surface area contributed by atoms with Crippen molar-refractivity contribution in [1.29, 1.82) is 0 Å². The van der Waals surface area contributed by atoms with Crippen molar-refractivity contribution in [3.63, 3.8) is 0 Å². The van der Waals surface area contributed by atoms with Gasteiger partial charge in [0.25, 0.3) is 0 Å². The van der Waals surface area contributed by atoms with E-state index in [0.29, 0.717) is 6.42 Å². The highest BCUT2D eigenvalue weighted by molar-refractivity contribution is 5.71. The molecule has 1 heterocycles. The molecule has 0 unspecified atom stereocenters. The standard InChI is InChI=1S/C38H56O10/c1-25(18-23-33(44-6)32(43-5)17-13-12-16-31(39)29-14-10-9-11-15-29)34-26(2)35(47-24-28-19-21-30(42-4)22-20-28)36(45-7)38(46-8,48-34)27(3)37(40)41/h9-11,14-15,18-23,25-27,31-36,39H,12-13,16-17,24H2,1-8H3,(H,40,41)/b23-18+/t25-,26+,27+,31-,32-,33+,34-,35-,36+,38+/m0/s1. The molecular weight excluding hydrogens is 616 g/mol. The molecule has 1 aliphatic heterocycles. The third-order valence-electron chi connectivity index (χ3n) is 9.66. The highest BCUT2D eigenvalue weighted by Crippen LogP contribution is 2.44. The van der Waals surface area contributed by atoms with Gasteiger partial charge in [-0.3, -0.25) is 4.79 Å². The Morgan fingerprint density at radius 2 is 1.60 bits per heavy atom. The van der Waals surface area contributed by atoms with Crippen LogP contribution in [0.4, 0.5) is 0 Å². The van der Waals surface area contributed by atoms with Crippen molar-refractivity contribution in [2.75, 3.05) is 35.5 Å². The molecule has 2 N–H and O–H groups in total. The van der Waals surface area contributed by atoms with E-state index < -0.39 is 42.1 Å². The fourth-order valence-corrected chi connectivity index (χ4v) is 6.67. The number of carboxylic acids is 1. The zero-order valence-corrected chi connectivity index (χ0v) is 29.7. The molecule has 0 saturated carbocycles. The second-order valence-electron chi connectivity index (χ2n) is 12.6. The van der Waals surface area contributed by atoms with Crippen molar-refractivity contribution in [3.05, 3.63) is 77.9 Å². The van der Waals surface area contributed by atoms with Gasteiger partial charge in [0.05, 0.1) is 38.1 Å². The van der Waals surface area contributed by atoms with E-state index in [1.165, 1.54) is 14.2 Å². The lowest BCUT2D eigenvalue weighted by atomic mass is 9.77. The summed E-state index contributed by atoms with van der Waals surface area (Å²) in [7, 11) is 7.92. The predicted molar refractivity (Wildman–Crippen MR) is 183 cm³/mol. The fourth-order valence-electron chi connectivity index (χ4n) is 6.67. The molecule has 1 aliphatic rings. The molecule has 2 aromatic rings. The van der Waals surface area contributed by atoms with Gasteiger partial charge in [-0.25, -0.2) is 0 Å². The minimum atomic E-state index is -1.61. The zero-order chi connectivity index (χ0) is 35.3. The van der Waals surface area contributed by atoms with Crippen LogP contribution < -0.4 is 4.74 Å². The van der Waals surface area contributed by atoms with Crippen LogP contribution in [0.2, 0.25) is 0 Å². The van der Waals surface area contributed by atoms with Crippen LogP contribution in [0.25, 0.3) is 0 Å². The Labute approximate surface area is 286 Å². The molecule has 10 heteroatoms. The minimum Gasteiger partial charge on any atom is -0.497 e. The van der Waals surface area contributed by atoms with Crippen molar-refractivity contribution >= 4 is 5.97 Å². The molecule has 0 aromatic heterocycles. The summed E-state index contributed by atoms with van der Waals surface area (Å²) in [5.74, 6) is -3.37. The van der Waals surface area contributed by atoms with Crippen LogP contribution >= 0.6 is 0 Å². The van der Waals surface area contributed by atoms with E-state index in [9.17, 15) is 15.0 Å². The van der Waals surface area contributed by atoms with Crippen molar-refractivity contribution in [2.45, 2.75) is 95.5 Å². The summed E-state index contributed by atoms with van der Waals surface area (Å²) >= 11 is 0. The third kappa shape index (κ3) is 9.88. The highest BCUT2D eigenvalue weighted by atomic mass is 16.7. The predicted octanol–water partition coefficient (Wildman–Crippen LogP) is 6.21. The second kappa shape index (κ2) is 19.4. The van der Waals surface area contributed by atoms with E-state index in [4.69, 9.17) is 33.2 Å². The first-order chi connectivity index (χ1) is 23.1. The molecule has 1 saturated heterocycles. The third-order valence-corrected chi connectivity index (χ3v) is 9.66. The number of rotatable bonds is 20. The largest absolute Gasteiger partial charge is 0.497 e. The van der Waals surface area contributed by atoms with Gasteiger partial charge in [-0.1, -0.05) is 81.3 Å². The first kappa shape index (κ1) is 39.6. The van der Waals surface area contributed by atoms with Crippen LogP contribution in [0.1, 0.15) is 63.7 Å². The van der Waals surface area contributed by atoms with E-state index in [0.717, 1.165) is 36.1 Å². The Kier molecular flexibility index (Phi) is 16.0. The number of hydrogen-bond donors (Lipinski definition) is 2. The van der Waals surface area contributed by atoms with Gasteiger partial charge in [0, 0.05) is 40.3 Å². The number of unbranched alkanes of at least 4 members (excludes halogenated alkanes) is 1. The summed E-state index contributed by atoms with van der Waals surface area (Å²) < 4.78 is 42.0. The van der Waals surface area contributed by atoms with Crippen molar-refractivity contribution < 1.29 is 48.2 Å². The van der Waals surface area contributed by atoms with Gasteiger partial charge in [-0.15, -0.1) is 0 Å². The van der Waals surface area contributed by atoms with Crippen molar-refractivity contribution in [2.24, 2.45) is 17.8 Å². The van der Waals surface area contributed by atoms with Crippen LogP contribution in [0, 0.1) is 17.8 Å². The van der Waals surface area contributed by atoms with E-state index in [2.05, 4.69) is 0 Å². The number of aliphatic hydroxyl groups is 1. The average molecular weight is 673 g/mol. The minimum absolute atomic E-state index is 0.184. The molecule has 3 rings (SSSR count). The van der Waals surface area contributed by atoms with Gasteiger partial charge < -0.3 is 43.4 Å². The van der Waals surface area contributed by atoms with E-state index >= 15 is 0 Å². The lowest BCUT2D eigenvalue weighted by Gasteiger charge is -2.53. The summed E-state index contributed by atoms with van der Waals surface area (Å²) in [6.45, 7) is 5.90. The van der Waals surface area contributed by atoms with Gasteiger partial charge in [-0.2, -0.15) is 0 Å². The van der Waals surface area contributed by atoms with Gasteiger partial charge in [0.15, 0.2) is 0 Å². The Morgan fingerprint density at radius 3 is 2.17 bits per heavy atom. The normalized spacial score (nSPS) is 26.1. The SMILES string of the molecule is COc1ccc(CO[C@H]2[C@H](C)[C@H]([C@@H](C)/C=C/[C@@H](OC)[C@H](CCCC[C@H](O)c3ccccc3)OC)O[C@](OC)([C@H](C)C(=O)O)[C@@H]2OC)cc1. The molecule has 0 aliphatic carbocycles. The maximum Gasteiger partial charge on any atom is 0.311 e. The number of aliphatic carboxylic acids is 1. The Morgan fingerprint density at radius 1 is 0.938 bits per heavy atom. The second-order valence-corrected chi connectivity index (χ2v) is 12.6. The molecule has 0 amide bonds. The average Bonchev–Trinajstić information content (AvgIpc) is 3.11. The van der Waals surface area contributed by atoms with E-state index in [-0.39, 0.29) is 30.7 Å². The Hall–Kier alpha value is -2.83. The number of carbonyl (C=O) groups is 1. The summed E-state index contributed by atoms with van der Waals surface area (Å²) in [5, 5.41) is 20.7. The number of benzene rings is 2. The molecule has 1 fully saturated rings. The number of carboxylic acid groups (broad SMARTS) is 1. The molecule has 0 radical (unpaired) electrons. The molecule has 0 bridgehead atoms. The number of methoxy groups -OCH3 is 5. The fraction of sp³-hybridized carbons (Fsp3) is 0.605. The topological polar surface area (TPSA) is 122 Å². The van der Waals surface area contributed by atoms with Crippen LogP contribution in [0.5, 0.6) is 5.75 Å². The van der Waals surface area contributed by atoms with Crippen molar-refractivity contribution in [1.82, 2.24) is 0 Å². The summed E-state index contributed by atoms with van der Waals surface area (Å²) in [5.41, 5.74) is 1.86. The van der Waals surface area contributed by atoms with E-state index in [1.807, 2.05) is 80.6 Å². The molecule has 48 heavy (non-hydrogen) atoms. The van der Waals surface area contributed by atoms with Crippen LogP contribution in [0.15, 0.2) is 66.7 Å². The zero-order valence-electron chi connectivity index (χ0n) is 29.7. The maximum absolute atomic E-state index is 12.4. The molecule has 268 valence electrons. The number of hydrogen-bond acceptors (Lipinski definition) is 9. The number of aliphatic hydroxyl groups excluding tert-OH is 1. The molecule has 2 aromatic carbocycles. The monoisotopic (exact) mass is 672 g/mol. The summed E-state index contributed by atoms with van der Waals surface area (Å²) in [6, 6.07) is 17.3. The first-order valence-electron chi connectivity index (χ1n) is 16.8. The summed E-state index contributed by atoms with van der Waals surface area (Å²) in [6.07, 6.45) is 4.29. The van der Waals surface area contributed by atoms with Gasteiger partial charge in [0.2, 0.25) is 5.79 Å². The van der Waals surface area contributed by atoms with Gasteiger partial charge >= 0.3 is 5.97 Å². The van der Waals surface area contributed by atoms with Crippen LogP contribution in [0.3, 0.4) is 0 Å². The molecule has 10 nitrogen and oxygen atoms in total. The molecule has 0 spiro atoms. The lowest BCUT2D eigenvalue weighted by molar-refractivity contribution is -0.373. The van der Waals surface area contributed by atoms with Crippen molar-refractivity contribution in [3.8, 4) is 5.75 Å². The Bertz CT molecular complexity index is 1240. The highest BCUT2D eigenvalue weighted by Gasteiger charge is 2.60. The van der Waals surface area contributed by atoms with Crippen LogP contribution in [-0.4, -0.2) is 88.0 Å².